The van der Waals surface area contributed by atoms with Crippen molar-refractivity contribution in [3.8, 4) is 16.9 Å². The second-order valence-electron chi connectivity index (χ2n) is 16.1. The number of ether oxygens (including phenoxy) is 1. The highest BCUT2D eigenvalue weighted by molar-refractivity contribution is 5.94. The molecule has 0 radical (unpaired) electrons. The van der Waals surface area contributed by atoms with Gasteiger partial charge in [0.05, 0.1) is 47.0 Å². The fraction of sp³-hybridized carbons (Fsp3) is 0.390. The third kappa shape index (κ3) is 6.46. The lowest BCUT2D eigenvalue weighted by Crippen LogP contribution is -2.64. The Balaban J connectivity index is 0.00000490. The van der Waals surface area contributed by atoms with Crippen LogP contribution >= 0.6 is 0 Å². The molecule has 5 atom stereocenters. The molecule has 8 heterocycles. The van der Waals surface area contributed by atoms with Crippen molar-refractivity contribution >= 4 is 58.7 Å². The van der Waals surface area contributed by atoms with Gasteiger partial charge in [0.1, 0.15) is 41.3 Å². The first kappa shape index (κ1) is 38.5. The molecule has 4 aromatic heterocycles. The Labute approximate surface area is 348 Å². The summed E-state index contributed by atoms with van der Waals surface area (Å²) < 4.78 is 54.0. The Morgan fingerprint density at radius 1 is 1.02 bits per heavy atom. The number of carbonyl (C=O) groups is 1. The highest BCUT2D eigenvalue weighted by Crippen LogP contribution is 2.44. The molecule has 17 nitrogen and oxygen atoms in total. The van der Waals surface area contributed by atoms with Crippen LogP contribution in [-0.4, -0.2) is 132 Å². The number of halogens is 3. The molecule has 6 aromatic rings. The number of anilines is 3. The average Bonchev–Trinajstić information content (AvgIpc) is 3.95. The third-order valence-corrected chi connectivity index (χ3v) is 12.5. The number of aryl methyl sites for hydroxylation is 1. The number of likely N-dealkylation sites (N-methyl/N-ethyl adjacent to an activating group) is 1. The van der Waals surface area contributed by atoms with Crippen molar-refractivity contribution < 1.29 is 24.1 Å². The van der Waals surface area contributed by atoms with Crippen LogP contribution in [0.15, 0.2) is 53.9 Å². The van der Waals surface area contributed by atoms with Crippen LogP contribution in [0.5, 0.6) is 0 Å². The normalized spacial score (nSPS) is 23.7. The minimum absolute atomic E-state index is 0. The summed E-state index contributed by atoms with van der Waals surface area (Å²) in [7, 11) is 3.33. The van der Waals surface area contributed by atoms with E-state index in [9.17, 15) is 9.18 Å². The highest BCUT2D eigenvalue weighted by Gasteiger charge is 2.49. The topological polar surface area (TPSA) is 175 Å². The minimum atomic E-state index is -0.820. The fourth-order valence-electron chi connectivity index (χ4n) is 9.69. The molecule has 4 fully saturated rings. The van der Waals surface area contributed by atoms with Gasteiger partial charge in [0.15, 0.2) is 11.5 Å². The van der Waals surface area contributed by atoms with Crippen molar-refractivity contribution in [1.82, 2.24) is 49.2 Å². The molecule has 20 heteroatoms. The summed E-state index contributed by atoms with van der Waals surface area (Å²) in [5.74, 6) is -0.463. The summed E-state index contributed by atoms with van der Waals surface area (Å²) in [6.45, 7) is 6.29. The van der Waals surface area contributed by atoms with Crippen molar-refractivity contribution in [1.29, 1.82) is 5.41 Å². The van der Waals surface area contributed by atoms with Crippen LogP contribution in [0.2, 0.25) is 0 Å². The first-order valence-electron chi connectivity index (χ1n) is 20.1. The van der Waals surface area contributed by atoms with Crippen molar-refractivity contribution in [3.05, 3.63) is 72.1 Å². The van der Waals surface area contributed by atoms with Crippen LogP contribution in [0, 0.1) is 29.8 Å². The largest absolute Gasteiger partial charge is 0.378 e. The smallest absolute Gasteiger partial charge is 0.245 e. The van der Waals surface area contributed by atoms with E-state index in [-0.39, 0.29) is 61.9 Å². The van der Waals surface area contributed by atoms with E-state index < -0.39 is 29.6 Å². The Bertz CT molecular complexity index is 2730. The molecule has 6 bridgehead atoms. The van der Waals surface area contributed by atoms with Gasteiger partial charge < -0.3 is 29.3 Å². The van der Waals surface area contributed by atoms with Gasteiger partial charge in [-0.05, 0) is 56.9 Å². The van der Waals surface area contributed by atoms with E-state index in [1.807, 2.05) is 16.4 Å². The van der Waals surface area contributed by atoms with Crippen LogP contribution in [0.1, 0.15) is 32.9 Å². The number of amides is 1. The zero-order valence-electron chi connectivity index (χ0n) is 33.6. The molecule has 2 N–H and O–H groups in total. The second kappa shape index (κ2) is 14.8. The molecule has 0 spiro atoms. The molecular formula is C41H44F3N15O2. The van der Waals surface area contributed by atoms with E-state index in [1.165, 1.54) is 35.4 Å². The number of piperidine rings is 1. The zero-order valence-corrected chi connectivity index (χ0v) is 33.6. The van der Waals surface area contributed by atoms with Gasteiger partial charge >= 0.3 is 0 Å². The number of fused-ring (bicyclic) bond motifs is 8. The molecule has 61 heavy (non-hydrogen) atoms. The van der Waals surface area contributed by atoms with E-state index >= 15 is 8.78 Å². The van der Waals surface area contributed by atoms with E-state index in [2.05, 4.69) is 37.1 Å². The minimum Gasteiger partial charge on any atom is -0.378 e. The highest BCUT2D eigenvalue weighted by atomic mass is 19.1. The van der Waals surface area contributed by atoms with Gasteiger partial charge in [0.2, 0.25) is 17.8 Å². The molecule has 316 valence electrons. The maximum absolute atomic E-state index is 15.5. The summed E-state index contributed by atoms with van der Waals surface area (Å²) in [6.07, 6.45) is 6.41. The van der Waals surface area contributed by atoms with Gasteiger partial charge in [-0.15, -0.1) is 0 Å². The first-order valence-corrected chi connectivity index (χ1v) is 20.1. The number of aromatic nitrogens is 8. The molecule has 3 saturated heterocycles. The molecule has 1 saturated carbocycles. The Morgan fingerprint density at radius 3 is 2.59 bits per heavy atom. The van der Waals surface area contributed by atoms with E-state index in [4.69, 9.17) is 25.1 Å². The van der Waals surface area contributed by atoms with Crippen molar-refractivity contribution in [2.24, 2.45) is 5.10 Å². The van der Waals surface area contributed by atoms with Crippen LogP contribution in [-0.2, 0) is 16.1 Å². The molecule has 1 aliphatic carbocycles. The van der Waals surface area contributed by atoms with Crippen LogP contribution in [0.4, 0.5) is 30.9 Å². The maximum Gasteiger partial charge on any atom is 0.245 e. The van der Waals surface area contributed by atoms with Crippen molar-refractivity contribution in [2.75, 3.05) is 42.4 Å². The van der Waals surface area contributed by atoms with Gasteiger partial charge in [-0.2, -0.15) is 20.2 Å². The molecule has 2 unspecified atom stereocenters. The number of rotatable bonds is 7. The molecule has 11 rings (SSSR count). The van der Waals surface area contributed by atoms with Crippen LogP contribution < -0.4 is 15.1 Å². The number of carbonyl (C=O) groups excluding carboxylic acids is 1. The summed E-state index contributed by atoms with van der Waals surface area (Å²) in [4.78, 5) is 44.8. The molecule has 2 aromatic carbocycles. The van der Waals surface area contributed by atoms with Crippen molar-refractivity contribution in [2.45, 2.75) is 75.5 Å². The number of hydrogen-bond acceptors (Lipinski definition) is 13. The quantitative estimate of drug-likeness (QED) is 0.128. The van der Waals surface area contributed by atoms with Gasteiger partial charge in [0.25, 0.3) is 0 Å². The maximum atomic E-state index is 15.5. The number of benzene rings is 2. The zero-order chi connectivity index (χ0) is 42.3. The predicted octanol–water partition coefficient (Wildman–Crippen LogP) is 4.77. The summed E-state index contributed by atoms with van der Waals surface area (Å²) in [5, 5.41) is 21.9. The number of methoxy groups -OCH3 is 1. The van der Waals surface area contributed by atoms with Gasteiger partial charge in [0, 0.05) is 77.4 Å². The monoisotopic (exact) mass is 835 g/mol. The third-order valence-electron chi connectivity index (χ3n) is 12.5. The van der Waals surface area contributed by atoms with Crippen LogP contribution in [0.3, 0.4) is 0 Å². The Hall–Kier alpha value is -6.70. The van der Waals surface area contributed by atoms with E-state index in [0.717, 1.165) is 18.6 Å². The number of imidazole rings is 1. The first-order chi connectivity index (χ1) is 29.5. The lowest BCUT2D eigenvalue weighted by atomic mass is 9.77. The predicted molar refractivity (Wildman–Crippen MR) is 224 cm³/mol. The average molecular weight is 836 g/mol. The Kier molecular flexibility index (Phi) is 9.33. The van der Waals surface area contributed by atoms with Gasteiger partial charge in [-0.3, -0.25) is 15.2 Å². The lowest BCUT2D eigenvalue weighted by molar-refractivity contribution is -0.132. The van der Waals surface area contributed by atoms with E-state index in [0.29, 0.717) is 71.1 Å². The standard InChI is InChI=1S/C41H42F3N15O2.H2/c1-21-49-33-11-23(43)9-29-32-7-8-47-40(51-32)50-24-12-35(39(60)54(3)18-28(61-4)19-55(21)36(29)33)56(17-24)37-30-16-48-59(34-6-5-22(42)10-31(34)44)38(30)53-41(52-37)58-26-13-25(14-27(58)15-26)57(20-45)46-2;/h5-11,16,20,24-28,35,45H,2,12-15,17-19H2,1,3-4H3,(H,47,50,51);1H/t24-,25?,26?,27?,28-,35-;/m0./s1. The lowest BCUT2D eigenvalue weighted by Gasteiger charge is -2.56. The molecule has 5 aliphatic rings. The number of nitrogens with one attached hydrogen (secondary N) is 2. The second-order valence-corrected chi connectivity index (χ2v) is 16.1. The van der Waals surface area contributed by atoms with E-state index in [1.54, 1.807) is 36.3 Å². The summed E-state index contributed by atoms with van der Waals surface area (Å²) >= 11 is 0. The number of nitrogens with zero attached hydrogens (tertiary/aromatic N) is 13. The van der Waals surface area contributed by atoms with Crippen LogP contribution in [0.25, 0.3) is 39.0 Å². The molecular weight excluding hydrogens is 792 g/mol. The molecule has 1 amide bonds. The molecule has 4 aliphatic heterocycles. The number of hydrazone groups is 1. The SMILES string of the molecule is C=NN(C=N)C1CC2CC(C1)N2c1nc(N2C[C@@H]3C[C@H]2C(=O)N(C)C[C@H](OC)Cn2c(C)nc4cc(F)cc(c42)-c2ccnc(n2)N3)c2cnn(-c3ccc(F)cc3F)c2n1.[HH]. The van der Waals surface area contributed by atoms with Gasteiger partial charge in [-0.25, -0.2) is 32.8 Å². The summed E-state index contributed by atoms with van der Waals surface area (Å²) in [5.41, 5.74) is 2.48. The van der Waals surface area contributed by atoms with Crippen molar-refractivity contribution in [3.63, 3.8) is 0 Å². The number of hydrogen-bond donors (Lipinski definition) is 2. The van der Waals surface area contributed by atoms with Gasteiger partial charge in [-0.1, -0.05) is 0 Å². The summed E-state index contributed by atoms with van der Waals surface area (Å²) in [6, 6.07) is 6.72. The Morgan fingerprint density at radius 2 is 1.84 bits per heavy atom. The fourth-order valence-corrected chi connectivity index (χ4v) is 9.69.